The van der Waals surface area contributed by atoms with Gasteiger partial charge in [-0.05, 0) is 19.3 Å². The number of allylic oxidation sites excluding steroid dienone is 2. The van der Waals surface area contributed by atoms with Crippen molar-refractivity contribution >= 4 is 27.6 Å². The fraction of sp³-hybridized carbons (Fsp3) is 0.615. The summed E-state index contributed by atoms with van der Waals surface area (Å²) in [4.78, 5) is 36.7. The van der Waals surface area contributed by atoms with E-state index in [0.29, 0.717) is 12.8 Å². The largest absolute Gasteiger partial charge is 0.480 e. The highest BCUT2D eigenvalue weighted by atomic mass is 32.2. The summed E-state index contributed by atoms with van der Waals surface area (Å²) in [6.45, 7) is 0. The van der Waals surface area contributed by atoms with E-state index in [9.17, 15) is 27.9 Å². The van der Waals surface area contributed by atoms with E-state index in [4.69, 9.17) is 0 Å². The molecule has 0 saturated carbocycles. The number of carbonyl (C=O) groups excluding carboxylic acids is 2. The van der Waals surface area contributed by atoms with Crippen molar-refractivity contribution in [1.82, 2.24) is 4.90 Å². The quantitative estimate of drug-likeness (QED) is 0.557. The van der Waals surface area contributed by atoms with E-state index in [-0.39, 0.29) is 12.2 Å². The molecule has 0 aromatic heterocycles. The van der Waals surface area contributed by atoms with Crippen LogP contribution in [0.15, 0.2) is 12.2 Å². The molecule has 2 amide bonds. The normalized spacial score (nSPS) is 26.8. The number of aliphatic carboxylic acids is 1. The summed E-state index contributed by atoms with van der Waals surface area (Å²) in [6.07, 6.45) is 5.17. The predicted octanol–water partition coefficient (Wildman–Crippen LogP) is -0.175. The molecule has 1 fully saturated rings. The Hall–Kier alpha value is -1.70. The molecule has 1 aliphatic carbocycles. The van der Waals surface area contributed by atoms with Gasteiger partial charge in [-0.3, -0.25) is 14.5 Å². The van der Waals surface area contributed by atoms with Gasteiger partial charge in [0.15, 0.2) is 0 Å². The fourth-order valence-corrected chi connectivity index (χ4v) is 3.47. The van der Waals surface area contributed by atoms with Crippen molar-refractivity contribution in [3.63, 3.8) is 0 Å². The van der Waals surface area contributed by atoms with Crippen LogP contribution in [0, 0.1) is 11.8 Å². The minimum Gasteiger partial charge on any atom is -0.480 e. The Morgan fingerprint density at radius 1 is 1.29 bits per heavy atom. The van der Waals surface area contributed by atoms with Crippen LogP contribution in [0.3, 0.4) is 0 Å². The van der Waals surface area contributed by atoms with Crippen molar-refractivity contribution in [2.24, 2.45) is 11.8 Å². The van der Waals surface area contributed by atoms with Gasteiger partial charge in [0.05, 0.1) is 17.6 Å². The van der Waals surface area contributed by atoms with Gasteiger partial charge < -0.3 is 5.11 Å². The lowest BCUT2D eigenvalue weighted by atomic mass is 9.85. The number of hydrogen-bond donors (Lipinski definition) is 1. The average Bonchev–Trinajstić information content (AvgIpc) is 2.63. The zero-order valence-electron chi connectivity index (χ0n) is 11.6. The molecule has 3 atom stereocenters. The van der Waals surface area contributed by atoms with E-state index in [1.54, 1.807) is 0 Å². The molecule has 1 saturated heterocycles. The third-order valence-electron chi connectivity index (χ3n) is 3.90. The lowest BCUT2D eigenvalue weighted by molar-refractivity contribution is -0.155. The Morgan fingerprint density at radius 3 is 2.14 bits per heavy atom. The van der Waals surface area contributed by atoms with Gasteiger partial charge in [-0.15, -0.1) is 0 Å². The maximum atomic E-state index is 12.3. The van der Waals surface area contributed by atoms with Crippen molar-refractivity contribution in [1.29, 1.82) is 0 Å². The van der Waals surface area contributed by atoms with Crippen LogP contribution in [0.4, 0.5) is 0 Å². The molecule has 0 aromatic rings. The fourth-order valence-electron chi connectivity index (χ4n) is 2.82. The summed E-state index contributed by atoms with van der Waals surface area (Å²) >= 11 is 0. The summed E-state index contributed by atoms with van der Waals surface area (Å²) in [5, 5.41) is 9.24. The van der Waals surface area contributed by atoms with E-state index in [0.717, 1.165) is 11.2 Å². The third kappa shape index (κ3) is 3.15. The number of carbonyl (C=O) groups is 3. The molecule has 21 heavy (non-hydrogen) atoms. The second-order valence-electron chi connectivity index (χ2n) is 5.47. The highest BCUT2D eigenvalue weighted by Gasteiger charge is 2.51. The molecular weight excluding hydrogens is 298 g/mol. The first-order chi connectivity index (χ1) is 9.72. The van der Waals surface area contributed by atoms with E-state index < -0.39 is 45.5 Å². The van der Waals surface area contributed by atoms with Gasteiger partial charge in [0.25, 0.3) is 0 Å². The number of fused-ring (bicyclic) bond motifs is 1. The predicted molar refractivity (Wildman–Crippen MR) is 73.0 cm³/mol. The lowest BCUT2D eigenvalue weighted by Crippen LogP contribution is -2.46. The topological polar surface area (TPSA) is 109 Å². The second kappa shape index (κ2) is 5.59. The van der Waals surface area contributed by atoms with Gasteiger partial charge in [-0.2, -0.15) is 0 Å². The van der Waals surface area contributed by atoms with Gasteiger partial charge in [-0.1, -0.05) is 12.2 Å². The summed E-state index contributed by atoms with van der Waals surface area (Å²) in [5.41, 5.74) is 0. The molecule has 1 aliphatic heterocycles. The summed E-state index contributed by atoms with van der Waals surface area (Å²) in [5.74, 6) is -3.77. The second-order valence-corrected chi connectivity index (χ2v) is 7.73. The maximum absolute atomic E-state index is 12.3. The van der Waals surface area contributed by atoms with Crippen LogP contribution in [-0.2, 0) is 24.2 Å². The molecule has 2 aliphatic rings. The molecule has 2 rings (SSSR count). The Labute approximate surface area is 122 Å². The zero-order valence-corrected chi connectivity index (χ0v) is 12.4. The average molecular weight is 315 g/mol. The smallest absolute Gasteiger partial charge is 0.326 e. The number of rotatable bonds is 5. The van der Waals surface area contributed by atoms with Crippen LogP contribution in [0.25, 0.3) is 0 Å². The number of nitrogens with zero attached hydrogens (tertiary/aromatic N) is 1. The summed E-state index contributed by atoms with van der Waals surface area (Å²) in [6, 6.07) is -1.41. The van der Waals surface area contributed by atoms with E-state index in [2.05, 4.69) is 0 Å². The van der Waals surface area contributed by atoms with E-state index >= 15 is 0 Å². The number of likely N-dealkylation sites (tertiary alicyclic amines) is 1. The zero-order chi connectivity index (χ0) is 15.8. The van der Waals surface area contributed by atoms with Crippen molar-refractivity contribution in [3.05, 3.63) is 12.2 Å². The van der Waals surface area contributed by atoms with Crippen LogP contribution in [0.1, 0.15) is 19.3 Å². The van der Waals surface area contributed by atoms with E-state index in [1.165, 1.54) is 0 Å². The molecule has 0 spiro atoms. The number of carboxylic acid groups (broad SMARTS) is 1. The van der Waals surface area contributed by atoms with Crippen LogP contribution < -0.4 is 0 Å². The number of amides is 2. The van der Waals surface area contributed by atoms with Crippen molar-refractivity contribution < 1.29 is 27.9 Å². The molecule has 0 bridgehead atoms. The molecule has 0 radical (unpaired) electrons. The first-order valence-corrected chi connectivity index (χ1v) is 8.71. The van der Waals surface area contributed by atoms with Crippen molar-refractivity contribution in [2.75, 3.05) is 12.0 Å². The van der Waals surface area contributed by atoms with Crippen molar-refractivity contribution in [2.45, 2.75) is 25.3 Å². The van der Waals surface area contributed by atoms with Gasteiger partial charge >= 0.3 is 5.97 Å². The molecule has 1 heterocycles. The summed E-state index contributed by atoms with van der Waals surface area (Å²) in [7, 11) is -3.37. The Morgan fingerprint density at radius 2 is 1.76 bits per heavy atom. The number of carboxylic acids is 1. The Kier molecular flexibility index (Phi) is 4.18. The highest BCUT2D eigenvalue weighted by molar-refractivity contribution is 7.90. The van der Waals surface area contributed by atoms with Gasteiger partial charge in [0.1, 0.15) is 15.9 Å². The SMILES string of the molecule is CS(=O)(=O)CCC(C(=O)O)N1C(=O)C2CC=CCC2C1=O. The molecule has 8 heteroatoms. The monoisotopic (exact) mass is 315 g/mol. The van der Waals surface area contributed by atoms with Gasteiger partial charge in [-0.25, -0.2) is 13.2 Å². The highest BCUT2D eigenvalue weighted by Crippen LogP contribution is 2.36. The molecule has 3 unspecified atom stereocenters. The molecule has 7 nitrogen and oxygen atoms in total. The number of sulfone groups is 1. The van der Waals surface area contributed by atoms with Crippen LogP contribution in [-0.4, -0.2) is 54.3 Å². The molecular formula is C13H17NO6S. The van der Waals surface area contributed by atoms with Crippen LogP contribution in [0.2, 0.25) is 0 Å². The van der Waals surface area contributed by atoms with Gasteiger partial charge in [0.2, 0.25) is 11.8 Å². The molecule has 1 N–H and O–H groups in total. The first kappa shape index (κ1) is 15.7. The van der Waals surface area contributed by atoms with Crippen LogP contribution >= 0.6 is 0 Å². The minimum absolute atomic E-state index is 0.279. The molecule has 116 valence electrons. The Balaban J connectivity index is 2.23. The van der Waals surface area contributed by atoms with Crippen LogP contribution in [0.5, 0.6) is 0 Å². The standard InChI is InChI=1S/C13H17NO6S/c1-21(19,20)7-6-10(13(17)18)14-11(15)8-4-2-3-5-9(8)12(14)16/h2-3,8-10H,4-7H2,1H3,(H,17,18). The maximum Gasteiger partial charge on any atom is 0.326 e. The van der Waals surface area contributed by atoms with Crippen molar-refractivity contribution in [3.8, 4) is 0 Å². The first-order valence-electron chi connectivity index (χ1n) is 6.65. The molecule has 0 aromatic carbocycles. The summed E-state index contributed by atoms with van der Waals surface area (Å²) < 4.78 is 22.4. The Bertz CT molecular complexity index is 582. The third-order valence-corrected chi connectivity index (χ3v) is 4.88. The van der Waals surface area contributed by atoms with E-state index in [1.807, 2.05) is 12.2 Å². The minimum atomic E-state index is -3.37. The van der Waals surface area contributed by atoms with Gasteiger partial charge in [0, 0.05) is 6.26 Å². The number of imide groups is 1. The number of hydrogen-bond acceptors (Lipinski definition) is 5. The lowest BCUT2D eigenvalue weighted by Gasteiger charge is -2.22.